The number of nitrogens with one attached hydrogen (secondary N) is 1. The third kappa shape index (κ3) is 1.58. The van der Waals surface area contributed by atoms with Crippen LogP contribution in [0.3, 0.4) is 0 Å². The second kappa shape index (κ2) is 4.05. The number of H-pyrrole nitrogens is 1. The van der Waals surface area contributed by atoms with Gasteiger partial charge in [-0.15, -0.1) is 11.3 Å². The lowest BCUT2D eigenvalue weighted by atomic mass is 10.1. The summed E-state index contributed by atoms with van der Waals surface area (Å²) in [6, 6.07) is 7.45. The lowest BCUT2D eigenvalue weighted by Crippen LogP contribution is -2.12. The molecule has 0 saturated carbocycles. The third-order valence-electron chi connectivity index (χ3n) is 2.57. The van der Waals surface area contributed by atoms with Crippen LogP contribution in [-0.2, 0) is 0 Å². The van der Waals surface area contributed by atoms with Gasteiger partial charge in [-0.1, -0.05) is 6.07 Å². The first-order valence-corrected chi connectivity index (χ1v) is 5.99. The van der Waals surface area contributed by atoms with Gasteiger partial charge >= 0.3 is 0 Å². The number of hydrogen-bond acceptors (Lipinski definition) is 5. The molecule has 0 amide bonds. The second-order valence-electron chi connectivity index (χ2n) is 3.60. The maximum atomic E-state index is 11.5. The average Bonchev–Trinajstić information content (AvgIpc) is 2.85. The molecule has 2 heterocycles. The van der Waals surface area contributed by atoms with Gasteiger partial charge in [0.2, 0.25) is 0 Å². The van der Waals surface area contributed by atoms with Crippen LogP contribution < -0.4 is 5.56 Å². The lowest BCUT2D eigenvalue weighted by Gasteiger charge is -2.01. The Morgan fingerprint density at radius 1 is 1.33 bits per heavy atom. The normalized spacial score (nSPS) is 10.4. The molecule has 3 rings (SSSR count). The number of aromatic nitrogens is 3. The molecular formula is C12H6N4OS. The zero-order valence-electron chi connectivity index (χ0n) is 9.04. The van der Waals surface area contributed by atoms with Crippen LogP contribution in [0.5, 0.6) is 0 Å². The van der Waals surface area contributed by atoms with Gasteiger partial charge in [0.25, 0.3) is 5.56 Å². The fourth-order valence-corrected chi connectivity index (χ4v) is 2.39. The zero-order chi connectivity index (χ0) is 12.5. The van der Waals surface area contributed by atoms with E-state index in [1.165, 1.54) is 17.7 Å². The van der Waals surface area contributed by atoms with Crippen LogP contribution in [0.25, 0.3) is 21.5 Å². The largest absolute Gasteiger partial charge is 0.312 e. The van der Waals surface area contributed by atoms with Crippen LogP contribution in [0, 0.1) is 11.3 Å². The molecule has 0 unspecified atom stereocenters. The Morgan fingerprint density at radius 2 is 2.22 bits per heavy atom. The van der Waals surface area contributed by atoms with E-state index in [1.807, 2.05) is 24.3 Å². The van der Waals surface area contributed by atoms with Crippen LogP contribution in [0.1, 0.15) is 5.56 Å². The molecule has 0 spiro atoms. The summed E-state index contributed by atoms with van der Waals surface area (Å²) < 4.78 is 1.06. The highest BCUT2D eigenvalue weighted by atomic mass is 32.1. The van der Waals surface area contributed by atoms with Gasteiger partial charge in [-0.25, -0.2) is 9.97 Å². The molecule has 1 N–H and O–H groups in total. The lowest BCUT2D eigenvalue weighted by molar-refractivity contribution is 1.11. The van der Waals surface area contributed by atoms with Crippen molar-refractivity contribution in [3.8, 4) is 17.3 Å². The Hall–Kier alpha value is -2.52. The first kappa shape index (κ1) is 10.6. The van der Waals surface area contributed by atoms with Gasteiger partial charge in [0.15, 0.2) is 0 Å². The summed E-state index contributed by atoms with van der Waals surface area (Å²) in [5.74, 6) is 0. The van der Waals surface area contributed by atoms with E-state index >= 15 is 0 Å². The number of nitrogens with zero attached hydrogens (tertiary/aromatic N) is 3. The van der Waals surface area contributed by atoms with Crippen LogP contribution in [0.15, 0.2) is 34.8 Å². The zero-order valence-corrected chi connectivity index (χ0v) is 9.86. The van der Waals surface area contributed by atoms with E-state index in [9.17, 15) is 4.79 Å². The Labute approximate surface area is 105 Å². The predicted octanol–water partition coefficient (Wildman–Crippen LogP) is 1.92. The molecule has 86 valence electrons. The van der Waals surface area contributed by atoms with Crippen LogP contribution in [-0.4, -0.2) is 15.0 Å². The Morgan fingerprint density at radius 3 is 3.06 bits per heavy atom. The van der Waals surface area contributed by atoms with Crippen LogP contribution in [0.4, 0.5) is 0 Å². The summed E-state index contributed by atoms with van der Waals surface area (Å²) in [5, 5.41) is 9.01. The van der Waals surface area contributed by atoms with Crippen molar-refractivity contribution >= 4 is 21.6 Å². The highest BCUT2D eigenvalue weighted by Gasteiger charge is 2.11. The summed E-state index contributed by atoms with van der Waals surface area (Å²) >= 11 is 1.54. The SMILES string of the molecule is N#Cc1c(-c2ccc3scnc3c2)nc[nH]c1=O. The summed E-state index contributed by atoms with van der Waals surface area (Å²) in [4.78, 5) is 22.2. The van der Waals surface area contributed by atoms with Crippen molar-refractivity contribution in [2.24, 2.45) is 0 Å². The van der Waals surface area contributed by atoms with E-state index in [0.717, 1.165) is 15.8 Å². The fraction of sp³-hybridized carbons (Fsp3) is 0. The molecule has 0 fully saturated rings. The van der Waals surface area contributed by atoms with Gasteiger partial charge in [0.05, 0.1) is 27.7 Å². The molecule has 0 aliphatic rings. The average molecular weight is 254 g/mol. The van der Waals surface area contributed by atoms with E-state index in [0.29, 0.717) is 5.69 Å². The van der Waals surface area contributed by atoms with Crippen LogP contribution >= 0.6 is 11.3 Å². The molecule has 2 aromatic heterocycles. The standard InChI is InChI=1S/C12H6N4OS/c13-4-8-11(14-5-15-12(8)17)7-1-2-10-9(3-7)16-6-18-10/h1-3,5-6H,(H,14,15,17). The second-order valence-corrected chi connectivity index (χ2v) is 4.49. The van der Waals surface area contributed by atoms with Gasteiger partial charge in [-0.2, -0.15) is 5.26 Å². The minimum absolute atomic E-state index is 0.0204. The molecule has 0 atom stereocenters. The van der Waals surface area contributed by atoms with Crippen molar-refractivity contribution in [2.75, 3.05) is 0 Å². The smallest absolute Gasteiger partial charge is 0.269 e. The molecule has 5 nitrogen and oxygen atoms in total. The number of rotatable bonds is 1. The third-order valence-corrected chi connectivity index (χ3v) is 3.38. The summed E-state index contributed by atoms with van der Waals surface area (Å²) in [7, 11) is 0. The van der Waals surface area contributed by atoms with E-state index in [2.05, 4.69) is 15.0 Å². The minimum atomic E-state index is -0.430. The van der Waals surface area contributed by atoms with Gasteiger partial charge in [-0.3, -0.25) is 4.79 Å². The van der Waals surface area contributed by atoms with E-state index in [-0.39, 0.29) is 5.56 Å². The Kier molecular flexibility index (Phi) is 2.39. The monoisotopic (exact) mass is 254 g/mol. The molecule has 0 saturated heterocycles. The maximum Gasteiger partial charge on any atom is 0.269 e. The van der Waals surface area contributed by atoms with Gasteiger partial charge < -0.3 is 4.98 Å². The van der Waals surface area contributed by atoms with E-state index in [4.69, 9.17) is 5.26 Å². The molecule has 0 aliphatic carbocycles. The highest BCUT2D eigenvalue weighted by molar-refractivity contribution is 7.16. The molecule has 3 aromatic rings. The molecule has 18 heavy (non-hydrogen) atoms. The van der Waals surface area contributed by atoms with E-state index < -0.39 is 5.56 Å². The molecule has 6 heteroatoms. The van der Waals surface area contributed by atoms with E-state index in [1.54, 1.807) is 5.51 Å². The Bertz CT molecular complexity index is 828. The molecular weight excluding hydrogens is 248 g/mol. The van der Waals surface area contributed by atoms with Crippen molar-refractivity contribution in [1.82, 2.24) is 15.0 Å². The molecule has 0 bridgehead atoms. The van der Waals surface area contributed by atoms with Gasteiger partial charge in [0.1, 0.15) is 11.6 Å². The number of thiazole rings is 1. The van der Waals surface area contributed by atoms with Gasteiger partial charge in [-0.05, 0) is 12.1 Å². The summed E-state index contributed by atoms with van der Waals surface area (Å²) in [6.07, 6.45) is 1.30. The maximum absolute atomic E-state index is 11.5. The van der Waals surface area contributed by atoms with Crippen molar-refractivity contribution in [1.29, 1.82) is 5.26 Å². The van der Waals surface area contributed by atoms with Crippen molar-refractivity contribution < 1.29 is 0 Å². The number of fused-ring (bicyclic) bond motifs is 1. The topological polar surface area (TPSA) is 82.4 Å². The van der Waals surface area contributed by atoms with Crippen LogP contribution in [0.2, 0.25) is 0 Å². The predicted molar refractivity (Wildman–Crippen MR) is 68.2 cm³/mol. The van der Waals surface area contributed by atoms with Crippen molar-refractivity contribution in [2.45, 2.75) is 0 Å². The molecule has 0 aliphatic heterocycles. The van der Waals surface area contributed by atoms with Crippen molar-refractivity contribution in [3.05, 3.63) is 46.0 Å². The first-order chi connectivity index (χ1) is 8.79. The van der Waals surface area contributed by atoms with Crippen molar-refractivity contribution in [3.63, 3.8) is 0 Å². The summed E-state index contributed by atoms with van der Waals surface area (Å²) in [5.41, 5.74) is 3.29. The number of hydrogen-bond donors (Lipinski definition) is 1. The van der Waals surface area contributed by atoms with Gasteiger partial charge in [0, 0.05) is 5.56 Å². The molecule has 1 aromatic carbocycles. The quantitative estimate of drug-likeness (QED) is 0.719. The molecule has 0 radical (unpaired) electrons. The Balaban J connectivity index is 2.29. The highest BCUT2D eigenvalue weighted by Crippen LogP contribution is 2.25. The number of nitriles is 1. The summed E-state index contributed by atoms with van der Waals surface area (Å²) in [6.45, 7) is 0. The minimum Gasteiger partial charge on any atom is -0.312 e. The first-order valence-electron chi connectivity index (χ1n) is 5.11. The number of benzene rings is 1. The fourth-order valence-electron chi connectivity index (χ4n) is 1.73. The number of aromatic amines is 1.